The van der Waals surface area contributed by atoms with Crippen molar-refractivity contribution in [3.63, 3.8) is 0 Å². The molecule has 33 heavy (non-hydrogen) atoms. The molecule has 1 aromatic carbocycles. The lowest BCUT2D eigenvalue weighted by molar-refractivity contribution is 0.0686. The fraction of sp³-hybridized carbons (Fsp3) is 0.346. The molecule has 1 fully saturated rings. The van der Waals surface area contributed by atoms with Crippen molar-refractivity contribution in [2.75, 3.05) is 19.6 Å². The van der Waals surface area contributed by atoms with E-state index in [2.05, 4.69) is 15.3 Å². The Labute approximate surface area is 197 Å². The number of thiophene rings is 1. The van der Waals surface area contributed by atoms with Crippen LogP contribution in [0.3, 0.4) is 0 Å². The average molecular weight is 461 g/mol. The zero-order valence-corrected chi connectivity index (χ0v) is 19.4. The minimum atomic E-state index is 0.000516. The van der Waals surface area contributed by atoms with Gasteiger partial charge in [-0.2, -0.15) is 0 Å². The van der Waals surface area contributed by atoms with E-state index in [4.69, 9.17) is 0 Å². The van der Waals surface area contributed by atoms with E-state index in [0.717, 1.165) is 76.6 Å². The molecular formula is C26H28N4O2S. The Balaban J connectivity index is 1.01. The lowest BCUT2D eigenvalue weighted by Gasteiger charge is -2.32. The third-order valence-corrected chi connectivity index (χ3v) is 7.66. The summed E-state index contributed by atoms with van der Waals surface area (Å²) >= 11 is 1.49. The summed E-state index contributed by atoms with van der Waals surface area (Å²) in [7, 11) is 0. The molecule has 7 heteroatoms. The van der Waals surface area contributed by atoms with E-state index < -0.39 is 0 Å². The molecule has 1 saturated heterocycles. The maximum absolute atomic E-state index is 12.9. The molecule has 4 heterocycles. The highest BCUT2D eigenvalue weighted by molar-refractivity contribution is 7.20. The molecule has 2 N–H and O–H groups in total. The van der Waals surface area contributed by atoms with Gasteiger partial charge in [0, 0.05) is 49.3 Å². The highest BCUT2D eigenvalue weighted by Crippen LogP contribution is 2.26. The molecule has 1 aliphatic heterocycles. The molecule has 0 atom stereocenters. The number of amides is 2. The van der Waals surface area contributed by atoms with Gasteiger partial charge in [-0.25, -0.2) is 0 Å². The number of aromatic amines is 1. The molecule has 3 aromatic heterocycles. The maximum atomic E-state index is 12.9. The van der Waals surface area contributed by atoms with Gasteiger partial charge in [-0.05, 0) is 66.3 Å². The highest BCUT2D eigenvalue weighted by Gasteiger charge is 2.23. The fourth-order valence-electron chi connectivity index (χ4n) is 4.63. The summed E-state index contributed by atoms with van der Waals surface area (Å²) in [6.07, 6.45) is 10.8. The first-order chi connectivity index (χ1) is 16.2. The summed E-state index contributed by atoms with van der Waals surface area (Å²) in [6, 6.07) is 11.8. The number of aromatic nitrogens is 2. The van der Waals surface area contributed by atoms with Crippen LogP contribution in [0.1, 0.15) is 52.1 Å². The molecule has 6 nitrogen and oxygen atoms in total. The van der Waals surface area contributed by atoms with Gasteiger partial charge in [-0.15, -0.1) is 11.3 Å². The van der Waals surface area contributed by atoms with Crippen molar-refractivity contribution in [1.82, 2.24) is 20.2 Å². The van der Waals surface area contributed by atoms with Gasteiger partial charge in [0.1, 0.15) is 0 Å². The van der Waals surface area contributed by atoms with Crippen molar-refractivity contribution in [3.05, 3.63) is 65.4 Å². The molecule has 0 saturated carbocycles. The molecule has 1 aliphatic rings. The largest absolute Gasteiger partial charge is 0.361 e. The number of hydrogen-bond donors (Lipinski definition) is 2. The van der Waals surface area contributed by atoms with E-state index in [1.54, 1.807) is 12.4 Å². The number of fused-ring (bicyclic) bond motifs is 2. The monoisotopic (exact) mass is 460 g/mol. The number of nitrogens with one attached hydrogen (secondary N) is 2. The number of pyridine rings is 1. The summed E-state index contributed by atoms with van der Waals surface area (Å²) in [4.78, 5) is 35.3. The summed E-state index contributed by atoms with van der Waals surface area (Å²) in [6.45, 7) is 2.34. The van der Waals surface area contributed by atoms with Crippen LogP contribution in [0.5, 0.6) is 0 Å². The first kappa shape index (κ1) is 21.6. The third kappa shape index (κ3) is 4.93. The standard InChI is InChI=1S/C26H28N4O2S/c31-25(23-16-20-6-11-27-17-24(20)33-23)29-10-2-1-3-18-8-13-30(14-9-18)26(32)21-5-4-19-7-12-28-22(19)15-21/h4-7,11-12,15-18,28H,1-3,8-10,13-14H2,(H,29,31). The first-order valence-electron chi connectivity index (χ1n) is 11.7. The van der Waals surface area contributed by atoms with Crippen LogP contribution in [0, 0.1) is 5.92 Å². The number of carbonyl (C=O) groups excluding carboxylic acids is 2. The van der Waals surface area contributed by atoms with Gasteiger partial charge in [0.15, 0.2) is 0 Å². The minimum Gasteiger partial charge on any atom is -0.361 e. The zero-order valence-electron chi connectivity index (χ0n) is 18.5. The van der Waals surface area contributed by atoms with E-state index in [1.165, 1.54) is 11.3 Å². The van der Waals surface area contributed by atoms with Crippen molar-refractivity contribution < 1.29 is 9.59 Å². The smallest absolute Gasteiger partial charge is 0.261 e. The molecule has 0 bridgehead atoms. The van der Waals surface area contributed by atoms with Crippen molar-refractivity contribution in [1.29, 1.82) is 0 Å². The summed E-state index contributed by atoms with van der Waals surface area (Å²) in [5, 5.41) is 5.24. The average Bonchev–Trinajstić information content (AvgIpc) is 3.50. The van der Waals surface area contributed by atoms with Gasteiger partial charge < -0.3 is 15.2 Å². The van der Waals surface area contributed by atoms with Crippen molar-refractivity contribution in [2.24, 2.45) is 5.92 Å². The van der Waals surface area contributed by atoms with Crippen molar-refractivity contribution in [3.8, 4) is 0 Å². The Morgan fingerprint density at radius 2 is 1.97 bits per heavy atom. The second-order valence-corrected chi connectivity index (χ2v) is 9.87. The van der Waals surface area contributed by atoms with Crippen LogP contribution in [0.4, 0.5) is 0 Å². The Morgan fingerprint density at radius 3 is 2.82 bits per heavy atom. The van der Waals surface area contributed by atoms with Crippen molar-refractivity contribution in [2.45, 2.75) is 32.1 Å². The van der Waals surface area contributed by atoms with E-state index in [0.29, 0.717) is 12.5 Å². The molecule has 4 aromatic rings. The Bertz CT molecular complexity index is 1240. The van der Waals surface area contributed by atoms with E-state index in [1.807, 2.05) is 47.5 Å². The summed E-state index contributed by atoms with van der Waals surface area (Å²) in [5.74, 6) is 0.788. The van der Waals surface area contributed by atoms with Crippen LogP contribution >= 0.6 is 11.3 Å². The molecule has 0 aliphatic carbocycles. The zero-order chi connectivity index (χ0) is 22.6. The predicted octanol–water partition coefficient (Wildman–Crippen LogP) is 5.23. The van der Waals surface area contributed by atoms with E-state index >= 15 is 0 Å². The number of H-pyrrole nitrogens is 1. The quantitative estimate of drug-likeness (QED) is 0.371. The number of carbonyl (C=O) groups is 2. The normalized spacial score (nSPS) is 14.7. The third-order valence-electron chi connectivity index (χ3n) is 6.58. The van der Waals surface area contributed by atoms with Gasteiger partial charge in [0.2, 0.25) is 0 Å². The van der Waals surface area contributed by atoms with E-state index in [9.17, 15) is 9.59 Å². The molecule has 0 radical (unpaired) electrons. The van der Waals surface area contributed by atoms with Gasteiger partial charge in [-0.3, -0.25) is 14.6 Å². The maximum Gasteiger partial charge on any atom is 0.261 e. The van der Waals surface area contributed by atoms with Crippen molar-refractivity contribution >= 4 is 44.1 Å². The second-order valence-electron chi connectivity index (χ2n) is 8.79. The number of hydrogen-bond acceptors (Lipinski definition) is 4. The van der Waals surface area contributed by atoms with Gasteiger partial charge in [0.05, 0.1) is 9.58 Å². The summed E-state index contributed by atoms with van der Waals surface area (Å²) in [5.41, 5.74) is 1.77. The van der Waals surface area contributed by atoms with Crippen LogP contribution in [0.2, 0.25) is 0 Å². The lowest BCUT2D eigenvalue weighted by Crippen LogP contribution is -2.38. The van der Waals surface area contributed by atoms with Gasteiger partial charge >= 0.3 is 0 Å². The predicted molar refractivity (Wildman–Crippen MR) is 133 cm³/mol. The SMILES string of the molecule is O=C(NCCCCC1CCN(C(=O)c2ccc3cc[nH]c3c2)CC1)c1cc2ccncc2s1. The Kier molecular flexibility index (Phi) is 6.39. The van der Waals surface area contributed by atoms with Crippen LogP contribution in [0.25, 0.3) is 21.0 Å². The number of likely N-dealkylation sites (tertiary alicyclic amines) is 1. The Morgan fingerprint density at radius 1 is 1.09 bits per heavy atom. The molecular weight excluding hydrogens is 432 g/mol. The topological polar surface area (TPSA) is 78.1 Å². The lowest BCUT2D eigenvalue weighted by atomic mass is 9.91. The van der Waals surface area contributed by atoms with Crippen LogP contribution in [-0.4, -0.2) is 46.3 Å². The van der Waals surface area contributed by atoms with Crippen LogP contribution in [0.15, 0.2) is 55.0 Å². The van der Waals surface area contributed by atoms with E-state index in [-0.39, 0.29) is 11.8 Å². The highest BCUT2D eigenvalue weighted by atomic mass is 32.1. The number of piperidine rings is 1. The molecule has 2 amide bonds. The number of rotatable bonds is 7. The van der Waals surface area contributed by atoms with Crippen LogP contribution < -0.4 is 5.32 Å². The molecule has 0 spiro atoms. The Hall–Kier alpha value is -3.19. The number of unbranched alkanes of at least 4 members (excludes halogenated alkanes) is 1. The molecule has 5 rings (SSSR count). The molecule has 170 valence electrons. The summed E-state index contributed by atoms with van der Waals surface area (Å²) < 4.78 is 1.04. The van der Waals surface area contributed by atoms with Gasteiger partial charge in [0.25, 0.3) is 11.8 Å². The fourth-order valence-corrected chi connectivity index (χ4v) is 5.58. The second kappa shape index (κ2) is 9.75. The first-order valence-corrected chi connectivity index (χ1v) is 12.5. The number of nitrogens with zero attached hydrogens (tertiary/aromatic N) is 2. The van der Waals surface area contributed by atoms with Crippen LogP contribution in [-0.2, 0) is 0 Å². The molecule has 0 unspecified atom stereocenters. The number of benzene rings is 1. The minimum absolute atomic E-state index is 0.000516. The van der Waals surface area contributed by atoms with Gasteiger partial charge in [-0.1, -0.05) is 18.9 Å².